The van der Waals surface area contributed by atoms with Gasteiger partial charge >= 0.3 is 47.8 Å². The topological polar surface area (TPSA) is 391 Å². The van der Waals surface area contributed by atoms with Crippen molar-refractivity contribution >= 4 is 47.8 Å². The van der Waals surface area contributed by atoms with E-state index in [4.69, 9.17) is 49.6 Å². The van der Waals surface area contributed by atoms with E-state index in [1.807, 2.05) is 13.8 Å². The standard InChI is InChI=1S/C21H36O8.C12H16O6.C11H12O6.C5H8O6.11CH4/c1-5-9-26-14-20(7-3,12-22)16-28-18(24)11-19(25)29-17-21(8-4,13-23)15-27-10-6-2;13-7-1-3-9-17-11(15)5-6-12(16)18-10-4-2-8-14;12-5-1-3-7-16-10(14)9-11(15)17-8-4-2-6-13;6-2-10-4(8)1-5(9)11-3-7;;;;;;;;;;;/h5-6,22-23H,1-2,7-17H2,3-4H3;1-6,13-14H,7-10H2;12-13H,5-9H2;6-7H,1-3H2;11*1H4. The van der Waals surface area contributed by atoms with Gasteiger partial charge in [-0.25, -0.2) is 9.59 Å². The van der Waals surface area contributed by atoms with E-state index in [1.54, 1.807) is 12.2 Å². The van der Waals surface area contributed by atoms with Crippen LogP contribution in [0, 0.1) is 34.5 Å². The summed E-state index contributed by atoms with van der Waals surface area (Å²) < 4.78 is 47.5. The van der Waals surface area contributed by atoms with E-state index in [1.165, 1.54) is 24.3 Å². The summed E-state index contributed by atoms with van der Waals surface area (Å²) in [5.74, 6) is 3.07. The second-order valence-corrected chi connectivity index (χ2v) is 14.0. The van der Waals surface area contributed by atoms with Crippen molar-refractivity contribution in [3.63, 3.8) is 0 Å². The van der Waals surface area contributed by atoms with Crippen molar-refractivity contribution in [1.82, 2.24) is 0 Å². The number of aliphatic hydroxyl groups excluding tert-OH is 8. The highest BCUT2D eigenvalue weighted by Gasteiger charge is 2.32. The number of aliphatic hydroxyl groups is 8. The fraction of sp³-hybridized carbons (Fsp3) is 0.633. The first-order valence-corrected chi connectivity index (χ1v) is 22.4. The Hall–Kier alpha value is -6.82. The van der Waals surface area contributed by atoms with Crippen LogP contribution in [0.1, 0.15) is 128 Å². The highest BCUT2D eigenvalue weighted by atomic mass is 16.6. The van der Waals surface area contributed by atoms with Crippen LogP contribution in [0.15, 0.2) is 61.8 Å². The molecular weight excluding hydrogens is 1140 g/mol. The van der Waals surface area contributed by atoms with Crippen molar-refractivity contribution < 1.29 is 127 Å². The van der Waals surface area contributed by atoms with Crippen LogP contribution in [-0.4, -0.2) is 208 Å². The van der Waals surface area contributed by atoms with E-state index in [2.05, 4.69) is 65.3 Å². The van der Waals surface area contributed by atoms with Crippen molar-refractivity contribution in [2.24, 2.45) is 10.8 Å². The first kappa shape index (κ1) is 117. The van der Waals surface area contributed by atoms with Crippen molar-refractivity contribution in [2.45, 2.75) is 128 Å². The fourth-order valence-corrected chi connectivity index (χ4v) is 4.11. The van der Waals surface area contributed by atoms with E-state index < -0.39 is 91.4 Å². The Morgan fingerprint density at radius 3 is 0.919 bits per heavy atom. The highest BCUT2D eigenvalue weighted by molar-refractivity contribution is 5.93. The number of carbonyl (C=O) groups is 8. The molecule has 0 aliphatic carbocycles. The lowest BCUT2D eigenvalue weighted by Gasteiger charge is -2.30. The summed E-state index contributed by atoms with van der Waals surface area (Å²) in [6.07, 6.45) is 10.2. The molecule has 512 valence electrons. The highest BCUT2D eigenvalue weighted by Crippen LogP contribution is 2.24. The maximum absolute atomic E-state index is 12.0. The van der Waals surface area contributed by atoms with Crippen molar-refractivity contribution in [3.8, 4) is 23.7 Å². The lowest BCUT2D eigenvalue weighted by molar-refractivity contribution is -0.164. The molecule has 0 bridgehead atoms. The number of hydrogen-bond donors (Lipinski definition) is 8. The lowest BCUT2D eigenvalue weighted by atomic mass is 9.88. The van der Waals surface area contributed by atoms with Gasteiger partial charge in [0.2, 0.25) is 0 Å². The lowest BCUT2D eigenvalue weighted by Crippen LogP contribution is -2.38. The SMILES string of the molecule is C.C.C.C.C.C.C.C.C.C.C.C=CCOCC(CC)(CO)COC(=O)CC(=O)OCC(CC)(CO)COCC=C.O=C(C=CC(=O)OCC=CCO)OCC=CCO.O=C(CC(=O)OCC#CCO)OCC#CCO.O=C(CC(=O)OCO)OCO. The van der Waals surface area contributed by atoms with Gasteiger partial charge in [0.1, 0.15) is 58.9 Å². The molecule has 0 saturated carbocycles. The summed E-state index contributed by atoms with van der Waals surface area (Å²) in [4.78, 5) is 88.7. The minimum absolute atomic E-state index is 0. The smallest absolute Gasteiger partial charge is 0.331 e. The third kappa shape index (κ3) is 77.2. The van der Waals surface area contributed by atoms with Gasteiger partial charge in [0, 0.05) is 12.2 Å². The molecule has 0 aromatic rings. The third-order valence-corrected chi connectivity index (χ3v) is 8.42. The largest absolute Gasteiger partial charge is 0.464 e. The van der Waals surface area contributed by atoms with E-state index in [-0.39, 0.29) is 174 Å². The Morgan fingerprint density at radius 2 is 0.674 bits per heavy atom. The van der Waals surface area contributed by atoms with Gasteiger partial charge in [0.15, 0.2) is 26.8 Å². The molecule has 0 rings (SSSR count). The number of ether oxygens (including phenoxy) is 10. The average Bonchev–Trinajstić information content (AvgIpc) is 3.39. The van der Waals surface area contributed by atoms with E-state index >= 15 is 0 Å². The second-order valence-electron chi connectivity index (χ2n) is 14.0. The maximum atomic E-state index is 12.0. The summed E-state index contributed by atoms with van der Waals surface area (Å²) in [5, 5.41) is 68.8. The quantitative estimate of drug-likeness (QED) is 0.00601. The molecule has 0 aliphatic rings. The molecule has 0 spiro atoms. The zero-order valence-corrected chi connectivity index (χ0v) is 42.2. The molecule has 0 radical (unpaired) electrons. The summed E-state index contributed by atoms with van der Waals surface area (Å²) in [6.45, 7) is 8.51. The maximum Gasteiger partial charge on any atom is 0.331 e. The minimum Gasteiger partial charge on any atom is -0.464 e. The zero-order chi connectivity index (χ0) is 57.4. The Kier molecular flexibility index (Phi) is 116. The molecule has 2 atom stereocenters. The molecular formula is C60H116O26. The monoisotopic (exact) mass is 1250 g/mol. The molecule has 0 saturated heterocycles. The van der Waals surface area contributed by atoms with Gasteiger partial charge in [-0.1, -0.05) is 144 Å². The fourth-order valence-electron chi connectivity index (χ4n) is 4.11. The summed E-state index contributed by atoms with van der Waals surface area (Å²) in [5.41, 5.74) is -1.47. The summed E-state index contributed by atoms with van der Waals surface area (Å²) in [6, 6.07) is 0. The Labute approximate surface area is 516 Å². The molecule has 0 aromatic heterocycles. The van der Waals surface area contributed by atoms with Gasteiger partial charge in [0.05, 0.1) is 63.7 Å². The van der Waals surface area contributed by atoms with E-state index in [0.717, 1.165) is 12.2 Å². The zero-order valence-electron chi connectivity index (χ0n) is 42.2. The molecule has 26 nitrogen and oxygen atoms in total. The Bertz CT molecular complexity index is 1720. The third-order valence-electron chi connectivity index (χ3n) is 8.42. The van der Waals surface area contributed by atoms with Crippen LogP contribution in [0.2, 0.25) is 0 Å². The van der Waals surface area contributed by atoms with Crippen LogP contribution in [0.5, 0.6) is 0 Å². The first-order valence-electron chi connectivity index (χ1n) is 22.4. The van der Waals surface area contributed by atoms with Gasteiger partial charge in [0.25, 0.3) is 0 Å². The molecule has 86 heavy (non-hydrogen) atoms. The van der Waals surface area contributed by atoms with Crippen LogP contribution >= 0.6 is 0 Å². The molecule has 8 N–H and O–H groups in total. The van der Waals surface area contributed by atoms with Crippen LogP contribution in [0.4, 0.5) is 0 Å². The first-order chi connectivity index (χ1) is 36.0. The number of hydrogen-bond acceptors (Lipinski definition) is 26. The van der Waals surface area contributed by atoms with Gasteiger partial charge in [-0.3, -0.25) is 28.8 Å². The van der Waals surface area contributed by atoms with Gasteiger partial charge < -0.3 is 88.2 Å². The van der Waals surface area contributed by atoms with Gasteiger partial charge in [-0.2, -0.15) is 0 Å². The normalized spacial score (nSPS) is 10.2. The number of rotatable bonds is 34. The molecule has 0 heterocycles. The van der Waals surface area contributed by atoms with Gasteiger partial charge in [-0.15, -0.1) is 13.2 Å². The minimum atomic E-state index is -0.897. The number of carbonyl (C=O) groups excluding carboxylic acids is 8. The van der Waals surface area contributed by atoms with Crippen LogP contribution in [0.3, 0.4) is 0 Å². The van der Waals surface area contributed by atoms with Crippen molar-refractivity contribution in [3.05, 3.63) is 61.8 Å². The Morgan fingerprint density at radius 1 is 0.384 bits per heavy atom. The molecule has 26 heteroatoms. The molecule has 2 unspecified atom stereocenters. The second kappa shape index (κ2) is 84.6. The molecule has 0 aromatic carbocycles. The summed E-state index contributed by atoms with van der Waals surface area (Å²) in [7, 11) is 0. The average molecular weight is 1250 g/mol. The predicted octanol–water partition coefficient (Wildman–Crippen LogP) is 5.19. The van der Waals surface area contributed by atoms with E-state index in [0.29, 0.717) is 26.1 Å². The van der Waals surface area contributed by atoms with Gasteiger partial charge in [-0.05, 0) is 25.0 Å². The molecule has 0 aliphatic heterocycles. The Balaban J connectivity index is -0.0000000604. The molecule has 0 fully saturated rings. The molecule has 0 amide bonds. The van der Waals surface area contributed by atoms with Crippen LogP contribution in [0.25, 0.3) is 0 Å². The van der Waals surface area contributed by atoms with E-state index in [9.17, 15) is 48.6 Å². The van der Waals surface area contributed by atoms with Crippen molar-refractivity contribution in [2.75, 3.05) is 119 Å². The predicted molar refractivity (Wildman–Crippen MR) is 333 cm³/mol. The number of esters is 8. The summed E-state index contributed by atoms with van der Waals surface area (Å²) >= 11 is 0. The van der Waals surface area contributed by atoms with Crippen molar-refractivity contribution in [1.29, 1.82) is 0 Å². The van der Waals surface area contributed by atoms with Crippen LogP contribution in [-0.2, 0) is 85.7 Å². The van der Waals surface area contributed by atoms with Crippen LogP contribution < -0.4 is 0 Å².